The first kappa shape index (κ1) is 36.6. The van der Waals surface area contributed by atoms with E-state index in [2.05, 4.69) is 42.6 Å². The number of rotatable bonds is 28. The standard InChI is InChI=1S/C34H65N3O3/c1-5-7-9-11-13-17-22-32(23-18-14-12-10-8-6-2)40-33(39)24-19-15-16-21-31(38)29-35-25-20-27-37-28-26-36-34(37)30(3)4/h26,28,30-32,35,38H,5-25,27,29H2,1-4H3. The summed E-state index contributed by atoms with van der Waals surface area (Å²) in [5.74, 6) is 1.54. The topological polar surface area (TPSA) is 76.4 Å². The van der Waals surface area contributed by atoms with E-state index in [1.165, 1.54) is 77.0 Å². The summed E-state index contributed by atoms with van der Waals surface area (Å²) in [6.07, 6.45) is 26.1. The van der Waals surface area contributed by atoms with Crippen LogP contribution in [0, 0.1) is 0 Å². The van der Waals surface area contributed by atoms with Crippen molar-refractivity contribution in [1.29, 1.82) is 0 Å². The van der Waals surface area contributed by atoms with Gasteiger partial charge in [-0.2, -0.15) is 0 Å². The third-order valence-corrected chi connectivity index (χ3v) is 7.87. The molecule has 2 N–H and O–H groups in total. The summed E-state index contributed by atoms with van der Waals surface area (Å²) >= 11 is 0. The molecule has 0 aromatic carbocycles. The van der Waals surface area contributed by atoms with E-state index in [1.807, 2.05) is 12.4 Å². The van der Waals surface area contributed by atoms with Crippen LogP contribution in [-0.4, -0.2) is 45.9 Å². The van der Waals surface area contributed by atoms with Crippen molar-refractivity contribution in [2.45, 2.75) is 181 Å². The fourth-order valence-electron chi connectivity index (χ4n) is 5.39. The number of aliphatic hydroxyl groups is 1. The van der Waals surface area contributed by atoms with E-state index in [9.17, 15) is 9.90 Å². The van der Waals surface area contributed by atoms with Gasteiger partial charge in [0.1, 0.15) is 11.9 Å². The Balaban J connectivity index is 2.14. The highest BCUT2D eigenvalue weighted by molar-refractivity contribution is 5.69. The molecule has 1 unspecified atom stereocenters. The number of aryl methyl sites for hydroxylation is 1. The molecule has 1 heterocycles. The second kappa shape index (κ2) is 25.3. The smallest absolute Gasteiger partial charge is 0.306 e. The van der Waals surface area contributed by atoms with Crippen LogP contribution in [0.4, 0.5) is 0 Å². The molecule has 0 saturated carbocycles. The maximum absolute atomic E-state index is 12.6. The molecule has 0 fully saturated rings. The molecule has 1 rings (SSSR count). The highest BCUT2D eigenvalue weighted by Crippen LogP contribution is 2.18. The van der Waals surface area contributed by atoms with E-state index in [1.54, 1.807) is 0 Å². The Morgan fingerprint density at radius 2 is 1.43 bits per heavy atom. The molecule has 0 aliphatic rings. The third-order valence-electron chi connectivity index (χ3n) is 7.87. The van der Waals surface area contributed by atoms with Crippen molar-refractivity contribution in [2.75, 3.05) is 13.1 Å². The van der Waals surface area contributed by atoms with Gasteiger partial charge in [0.25, 0.3) is 0 Å². The third kappa shape index (κ3) is 19.6. The fourth-order valence-corrected chi connectivity index (χ4v) is 5.39. The summed E-state index contributed by atoms with van der Waals surface area (Å²) in [5, 5.41) is 13.7. The molecule has 0 radical (unpaired) electrons. The van der Waals surface area contributed by atoms with Crippen LogP contribution in [-0.2, 0) is 16.1 Å². The first-order chi connectivity index (χ1) is 19.5. The number of nitrogens with zero attached hydrogens (tertiary/aromatic N) is 2. The molecule has 1 aromatic heterocycles. The van der Waals surface area contributed by atoms with Gasteiger partial charge in [-0.1, -0.05) is 105 Å². The Kier molecular flexibility index (Phi) is 23.2. The molecule has 1 atom stereocenters. The minimum atomic E-state index is -0.328. The summed E-state index contributed by atoms with van der Waals surface area (Å²) in [4.78, 5) is 17.0. The summed E-state index contributed by atoms with van der Waals surface area (Å²) in [5.41, 5.74) is 0. The second-order valence-electron chi connectivity index (χ2n) is 12.2. The quantitative estimate of drug-likeness (QED) is 0.0787. The molecule has 40 heavy (non-hydrogen) atoms. The van der Waals surface area contributed by atoms with Crippen LogP contribution in [0.2, 0.25) is 0 Å². The van der Waals surface area contributed by atoms with Crippen LogP contribution in [0.25, 0.3) is 0 Å². The van der Waals surface area contributed by atoms with Crippen molar-refractivity contribution in [3.8, 4) is 0 Å². The Labute approximate surface area is 247 Å². The van der Waals surface area contributed by atoms with E-state index in [0.717, 1.165) is 63.9 Å². The molecule has 0 aliphatic carbocycles. The minimum absolute atomic E-state index is 0.0253. The van der Waals surface area contributed by atoms with Crippen LogP contribution in [0.1, 0.15) is 168 Å². The lowest BCUT2D eigenvalue weighted by atomic mass is 10.0. The number of hydrogen-bond donors (Lipinski definition) is 2. The number of aliphatic hydroxyl groups excluding tert-OH is 1. The van der Waals surface area contributed by atoms with Gasteiger partial charge in [-0.25, -0.2) is 4.98 Å². The van der Waals surface area contributed by atoms with Crippen molar-refractivity contribution in [1.82, 2.24) is 14.9 Å². The average Bonchev–Trinajstić information content (AvgIpc) is 3.41. The largest absolute Gasteiger partial charge is 0.462 e. The molecule has 0 bridgehead atoms. The van der Waals surface area contributed by atoms with Gasteiger partial charge in [-0.05, 0) is 51.5 Å². The number of ether oxygens (including phenoxy) is 1. The Morgan fingerprint density at radius 3 is 2.05 bits per heavy atom. The normalized spacial score (nSPS) is 12.5. The molecule has 0 saturated heterocycles. The summed E-state index contributed by atoms with van der Waals surface area (Å²) in [6, 6.07) is 0. The maximum Gasteiger partial charge on any atom is 0.306 e. The van der Waals surface area contributed by atoms with Gasteiger partial charge in [0.05, 0.1) is 6.10 Å². The first-order valence-corrected chi connectivity index (χ1v) is 17.1. The van der Waals surface area contributed by atoms with Crippen LogP contribution < -0.4 is 5.32 Å². The van der Waals surface area contributed by atoms with E-state index < -0.39 is 0 Å². The van der Waals surface area contributed by atoms with Gasteiger partial charge in [-0.3, -0.25) is 4.79 Å². The van der Waals surface area contributed by atoms with Crippen molar-refractivity contribution in [2.24, 2.45) is 0 Å². The highest BCUT2D eigenvalue weighted by Gasteiger charge is 2.14. The lowest BCUT2D eigenvalue weighted by Gasteiger charge is -2.18. The van der Waals surface area contributed by atoms with Gasteiger partial charge < -0.3 is 19.7 Å². The Bertz CT molecular complexity index is 690. The van der Waals surface area contributed by atoms with Crippen LogP contribution in [0.15, 0.2) is 12.4 Å². The summed E-state index contributed by atoms with van der Waals surface area (Å²) in [7, 11) is 0. The maximum atomic E-state index is 12.6. The van der Waals surface area contributed by atoms with Crippen molar-refractivity contribution in [3.05, 3.63) is 18.2 Å². The van der Waals surface area contributed by atoms with E-state index in [-0.39, 0.29) is 18.2 Å². The lowest BCUT2D eigenvalue weighted by Crippen LogP contribution is -2.28. The number of esters is 1. The van der Waals surface area contributed by atoms with E-state index in [0.29, 0.717) is 18.9 Å². The summed E-state index contributed by atoms with van der Waals surface area (Å²) in [6.45, 7) is 11.3. The molecule has 234 valence electrons. The van der Waals surface area contributed by atoms with Crippen LogP contribution in [0.3, 0.4) is 0 Å². The minimum Gasteiger partial charge on any atom is -0.462 e. The zero-order chi connectivity index (χ0) is 29.3. The van der Waals surface area contributed by atoms with Gasteiger partial charge >= 0.3 is 5.97 Å². The Morgan fingerprint density at radius 1 is 0.850 bits per heavy atom. The zero-order valence-electron chi connectivity index (χ0n) is 26.8. The number of unbranched alkanes of at least 4 members (excludes halogenated alkanes) is 12. The van der Waals surface area contributed by atoms with Crippen LogP contribution >= 0.6 is 0 Å². The number of carbonyl (C=O) groups is 1. The van der Waals surface area contributed by atoms with Gasteiger partial charge in [-0.15, -0.1) is 0 Å². The number of aromatic nitrogens is 2. The molecule has 6 heteroatoms. The highest BCUT2D eigenvalue weighted by atomic mass is 16.5. The van der Waals surface area contributed by atoms with Crippen LogP contribution in [0.5, 0.6) is 0 Å². The molecule has 0 aliphatic heterocycles. The number of nitrogens with one attached hydrogen (secondary N) is 1. The van der Waals surface area contributed by atoms with Gasteiger partial charge in [0.15, 0.2) is 0 Å². The van der Waals surface area contributed by atoms with Gasteiger partial charge in [0.2, 0.25) is 0 Å². The number of hydrogen-bond acceptors (Lipinski definition) is 5. The number of carbonyl (C=O) groups excluding carboxylic acids is 1. The fraction of sp³-hybridized carbons (Fsp3) is 0.882. The predicted molar refractivity (Wildman–Crippen MR) is 169 cm³/mol. The lowest BCUT2D eigenvalue weighted by molar-refractivity contribution is -0.150. The van der Waals surface area contributed by atoms with Crippen molar-refractivity contribution in [3.63, 3.8) is 0 Å². The SMILES string of the molecule is CCCCCCCCC(CCCCCCCC)OC(=O)CCCCCC(O)CNCCCn1ccnc1C(C)C. The van der Waals surface area contributed by atoms with E-state index in [4.69, 9.17) is 4.74 Å². The molecule has 0 amide bonds. The predicted octanol–water partition coefficient (Wildman–Crippen LogP) is 8.71. The summed E-state index contributed by atoms with van der Waals surface area (Å²) < 4.78 is 8.17. The second-order valence-corrected chi connectivity index (χ2v) is 12.2. The molecule has 6 nitrogen and oxygen atoms in total. The molecule has 1 aromatic rings. The van der Waals surface area contributed by atoms with E-state index >= 15 is 0 Å². The monoisotopic (exact) mass is 564 g/mol. The molecule has 0 spiro atoms. The average molecular weight is 564 g/mol. The Hall–Kier alpha value is -1.40. The number of imidazole rings is 1. The zero-order valence-corrected chi connectivity index (χ0v) is 26.8. The van der Waals surface area contributed by atoms with Crippen molar-refractivity contribution < 1.29 is 14.6 Å². The van der Waals surface area contributed by atoms with Crippen molar-refractivity contribution >= 4 is 5.97 Å². The first-order valence-electron chi connectivity index (χ1n) is 17.1. The van der Waals surface area contributed by atoms with Gasteiger partial charge in [0, 0.05) is 37.8 Å². The molecular weight excluding hydrogens is 498 g/mol. The molecular formula is C34H65N3O3.